The Balaban J connectivity index is 1.75. The first kappa shape index (κ1) is 40.8. The van der Waals surface area contributed by atoms with Crippen LogP contribution in [0.5, 0.6) is 5.75 Å². The number of aliphatic hydroxyl groups is 7. The third-order valence-electron chi connectivity index (χ3n) is 7.40. The molecule has 5 atom stereocenters. The van der Waals surface area contributed by atoms with Crippen molar-refractivity contribution in [2.75, 3.05) is 57.5 Å². The number of ether oxygens (including phenoxy) is 1. The molecule has 2 aromatic rings. The van der Waals surface area contributed by atoms with Crippen LogP contribution in [-0.2, 0) is 6.42 Å². The Hall–Kier alpha value is -3.39. The standard InChI is InChI=1S/C30H49ClN8O9/c31-26-28(33)37-27(32)23(36-26)29(47)38-30(34)35-11-3-1-5-18-7-9-20(10-8-18)48-14-13-39(12-4-2-6-19(42)16-40)15-21(43)24(45)25(46)22(44)17-41/h7-10,19,21-22,24-25,40-46H,1-6,11-17H2,(H4,32,33,37)(H3,34,35,38,47)/t19-,21-,22+,24+,25+/m0/s1. The molecular formula is C30H49ClN8O9. The molecular weight excluding hydrogens is 652 g/mol. The van der Waals surface area contributed by atoms with Crippen LogP contribution in [0.3, 0.4) is 0 Å². The number of nitrogens with one attached hydrogen (secondary N) is 3. The summed E-state index contributed by atoms with van der Waals surface area (Å²) in [7, 11) is 0. The smallest absolute Gasteiger partial charge is 0.280 e. The molecule has 1 aromatic heterocycles. The molecule has 0 aliphatic rings. The van der Waals surface area contributed by atoms with Crippen LogP contribution in [0.1, 0.15) is 48.2 Å². The summed E-state index contributed by atoms with van der Waals surface area (Å²) in [6, 6.07) is 7.55. The van der Waals surface area contributed by atoms with Gasteiger partial charge in [-0.05, 0) is 62.8 Å². The van der Waals surface area contributed by atoms with E-state index in [-0.39, 0.29) is 48.2 Å². The van der Waals surface area contributed by atoms with Crippen LogP contribution in [0.25, 0.3) is 0 Å². The van der Waals surface area contributed by atoms with Gasteiger partial charge in [0.15, 0.2) is 28.4 Å². The largest absolute Gasteiger partial charge is 0.492 e. The molecule has 1 aromatic carbocycles. The molecule has 0 saturated heterocycles. The van der Waals surface area contributed by atoms with Gasteiger partial charge in [-0.25, -0.2) is 9.97 Å². The number of hydrogen-bond donors (Lipinski definition) is 12. The molecule has 1 amide bonds. The van der Waals surface area contributed by atoms with Crippen LogP contribution < -0.4 is 26.8 Å². The van der Waals surface area contributed by atoms with E-state index in [1.807, 2.05) is 29.2 Å². The second-order valence-electron chi connectivity index (χ2n) is 11.3. The van der Waals surface area contributed by atoms with E-state index in [4.69, 9.17) is 43.4 Å². The molecule has 0 saturated carbocycles. The second kappa shape index (κ2) is 21.6. The normalized spacial score (nSPS) is 14.6. The third kappa shape index (κ3) is 14.4. The number of nitrogens with zero attached hydrogens (tertiary/aromatic N) is 3. The molecule has 270 valence electrons. The van der Waals surface area contributed by atoms with E-state index in [0.717, 1.165) is 24.8 Å². The van der Waals surface area contributed by atoms with E-state index >= 15 is 0 Å². The lowest BCUT2D eigenvalue weighted by Crippen LogP contribution is -2.50. The number of unbranched alkanes of at least 4 members (excludes halogenated alkanes) is 2. The zero-order chi connectivity index (χ0) is 35.6. The Morgan fingerprint density at radius 3 is 2.27 bits per heavy atom. The fourth-order valence-corrected chi connectivity index (χ4v) is 4.70. The van der Waals surface area contributed by atoms with Crippen LogP contribution >= 0.6 is 11.6 Å². The van der Waals surface area contributed by atoms with Crippen LogP contribution in [0.4, 0.5) is 11.6 Å². The number of carbonyl (C=O) groups is 1. The van der Waals surface area contributed by atoms with E-state index in [9.17, 15) is 30.3 Å². The third-order valence-corrected chi connectivity index (χ3v) is 7.67. The number of rotatable bonds is 22. The zero-order valence-electron chi connectivity index (χ0n) is 26.7. The summed E-state index contributed by atoms with van der Waals surface area (Å²) in [5.41, 5.74) is 12.0. The van der Waals surface area contributed by atoms with Gasteiger partial charge in [-0.1, -0.05) is 23.7 Å². The molecule has 0 radical (unpaired) electrons. The number of aromatic nitrogens is 2. The number of aliphatic hydroxyl groups excluding tert-OH is 7. The Morgan fingerprint density at radius 1 is 0.917 bits per heavy atom. The van der Waals surface area contributed by atoms with E-state index in [1.54, 1.807) is 0 Å². The highest BCUT2D eigenvalue weighted by molar-refractivity contribution is 6.31. The van der Waals surface area contributed by atoms with Gasteiger partial charge in [-0.15, -0.1) is 0 Å². The lowest BCUT2D eigenvalue weighted by atomic mass is 10.0. The number of benzene rings is 1. The molecule has 0 unspecified atom stereocenters. The first-order valence-electron chi connectivity index (χ1n) is 15.6. The maximum Gasteiger partial charge on any atom is 0.280 e. The molecule has 17 nitrogen and oxygen atoms in total. The molecule has 48 heavy (non-hydrogen) atoms. The number of hydrogen-bond acceptors (Lipinski definition) is 15. The predicted molar refractivity (Wildman–Crippen MR) is 178 cm³/mol. The average Bonchev–Trinajstić information content (AvgIpc) is 3.07. The van der Waals surface area contributed by atoms with Gasteiger partial charge in [-0.3, -0.25) is 20.4 Å². The van der Waals surface area contributed by atoms with Crippen molar-refractivity contribution in [2.24, 2.45) is 0 Å². The first-order chi connectivity index (χ1) is 22.9. The van der Waals surface area contributed by atoms with Gasteiger partial charge in [0, 0.05) is 19.6 Å². The molecule has 18 heteroatoms. The summed E-state index contributed by atoms with van der Waals surface area (Å²) >= 11 is 5.79. The molecule has 0 bridgehead atoms. The fourth-order valence-electron chi connectivity index (χ4n) is 4.57. The van der Waals surface area contributed by atoms with Gasteiger partial charge in [0.1, 0.15) is 30.7 Å². The monoisotopic (exact) mass is 700 g/mol. The topological polar surface area (TPSA) is 297 Å². The highest BCUT2D eigenvalue weighted by Gasteiger charge is 2.31. The molecule has 2 rings (SSSR count). The van der Waals surface area contributed by atoms with Crippen molar-refractivity contribution in [3.63, 3.8) is 0 Å². The molecule has 0 aliphatic heterocycles. The zero-order valence-corrected chi connectivity index (χ0v) is 27.5. The van der Waals surface area contributed by atoms with Crippen LogP contribution in [0.15, 0.2) is 24.3 Å². The lowest BCUT2D eigenvalue weighted by molar-refractivity contribution is -0.119. The number of halogens is 1. The van der Waals surface area contributed by atoms with E-state index in [1.165, 1.54) is 0 Å². The van der Waals surface area contributed by atoms with E-state index in [0.29, 0.717) is 44.6 Å². The van der Waals surface area contributed by atoms with Crippen LogP contribution in [0.2, 0.25) is 5.15 Å². The maximum atomic E-state index is 12.3. The summed E-state index contributed by atoms with van der Waals surface area (Å²) in [6.07, 6.45) is -3.27. The minimum atomic E-state index is -1.73. The van der Waals surface area contributed by atoms with Crippen molar-refractivity contribution in [3.05, 3.63) is 40.7 Å². The second-order valence-corrected chi connectivity index (χ2v) is 11.6. The highest BCUT2D eigenvalue weighted by atomic mass is 35.5. The Labute approximate surface area is 284 Å². The predicted octanol–water partition coefficient (Wildman–Crippen LogP) is -1.79. The van der Waals surface area contributed by atoms with E-state index < -0.39 is 43.0 Å². The number of guanidine groups is 1. The minimum Gasteiger partial charge on any atom is -0.492 e. The quantitative estimate of drug-likeness (QED) is 0.0367. The van der Waals surface area contributed by atoms with Crippen LogP contribution in [0, 0.1) is 5.41 Å². The SMILES string of the molecule is N=C(NCCCCc1ccc(OCCN(CCCC[C@H](O)CO)C[C@H](O)[C@@H](O)[C@H](O)[C@H](O)CO)cc1)NC(=O)c1nc(Cl)c(N)nc1N. The summed E-state index contributed by atoms with van der Waals surface area (Å²) < 4.78 is 5.87. The van der Waals surface area contributed by atoms with Gasteiger partial charge in [0.2, 0.25) is 0 Å². The van der Waals surface area contributed by atoms with Gasteiger partial charge < -0.3 is 57.3 Å². The summed E-state index contributed by atoms with van der Waals surface area (Å²) in [4.78, 5) is 21.7. The Morgan fingerprint density at radius 2 is 1.60 bits per heavy atom. The Kier molecular flexibility index (Phi) is 18.3. The number of nitrogen functional groups attached to an aromatic ring is 2. The summed E-state index contributed by atoms with van der Waals surface area (Å²) in [5.74, 6) is -0.634. The fraction of sp³-hybridized carbons (Fsp3) is 0.600. The lowest BCUT2D eigenvalue weighted by Gasteiger charge is -2.30. The number of amides is 1. The number of anilines is 2. The average molecular weight is 701 g/mol. The van der Waals surface area contributed by atoms with Crippen molar-refractivity contribution >= 4 is 35.1 Å². The molecule has 0 aliphatic carbocycles. The van der Waals surface area contributed by atoms with Crippen LogP contribution in [-0.4, -0.2) is 139 Å². The maximum absolute atomic E-state index is 12.3. The summed E-state index contributed by atoms with van der Waals surface area (Å²) in [6.45, 7) is 0.398. The van der Waals surface area contributed by atoms with Crippen molar-refractivity contribution in [3.8, 4) is 5.75 Å². The number of nitrogens with two attached hydrogens (primary N) is 2. The van der Waals surface area contributed by atoms with Gasteiger partial charge in [-0.2, -0.15) is 0 Å². The molecule has 14 N–H and O–H groups in total. The molecule has 0 fully saturated rings. The number of carbonyl (C=O) groups excluding carboxylic acids is 1. The molecule has 1 heterocycles. The highest BCUT2D eigenvalue weighted by Crippen LogP contribution is 2.17. The number of aryl methyl sites for hydroxylation is 1. The van der Waals surface area contributed by atoms with Gasteiger partial charge in [0.25, 0.3) is 5.91 Å². The van der Waals surface area contributed by atoms with Crippen molar-refractivity contribution < 1.29 is 45.3 Å². The van der Waals surface area contributed by atoms with Crippen molar-refractivity contribution in [1.29, 1.82) is 5.41 Å². The molecule has 0 spiro atoms. The first-order valence-corrected chi connectivity index (χ1v) is 16.0. The summed E-state index contributed by atoms with van der Waals surface area (Å²) in [5, 5.41) is 80.7. The van der Waals surface area contributed by atoms with Gasteiger partial charge >= 0.3 is 0 Å². The van der Waals surface area contributed by atoms with Gasteiger partial charge in [0.05, 0.1) is 25.4 Å². The van der Waals surface area contributed by atoms with E-state index in [2.05, 4.69) is 20.6 Å². The Bertz CT molecular complexity index is 1260. The minimum absolute atomic E-state index is 0.0390. The van der Waals surface area contributed by atoms with Crippen molar-refractivity contribution in [2.45, 2.75) is 69.0 Å². The van der Waals surface area contributed by atoms with Crippen molar-refractivity contribution in [1.82, 2.24) is 25.5 Å².